The largest absolute Gasteiger partial charge is 0.376 e. The van der Waals surface area contributed by atoms with Crippen LogP contribution in [-0.2, 0) is 4.79 Å². The Balaban J connectivity index is 2.39. The van der Waals surface area contributed by atoms with Crippen molar-refractivity contribution in [2.75, 3.05) is 11.9 Å². The van der Waals surface area contributed by atoms with Crippen molar-refractivity contribution in [3.63, 3.8) is 0 Å². The minimum atomic E-state index is -0.137. The van der Waals surface area contributed by atoms with Gasteiger partial charge in [-0.05, 0) is 31.0 Å². The maximum atomic E-state index is 11.6. The van der Waals surface area contributed by atoms with Crippen LogP contribution in [0.4, 0.5) is 5.69 Å². The lowest BCUT2D eigenvalue weighted by Gasteiger charge is -2.06. The molecule has 0 unspecified atom stereocenters. The van der Waals surface area contributed by atoms with Crippen LogP contribution in [0.5, 0.6) is 0 Å². The van der Waals surface area contributed by atoms with Crippen LogP contribution in [0.25, 0.3) is 0 Å². The predicted octanol–water partition coefficient (Wildman–Crippen LogP) is 3.54. The third-order valence-electron chi connectivity index (χ3n) is 2.56. The van der Waals surface area contributed by atoms with Crippen LogP contribution in [0.2, 0.25) is 0 Å². The van der Waals surface area contributed by atoms with Crippen molar-refractivity contribution in [3.05, 3.63) is 28.7 Å². The molecule has 0 aliphatic rings. The minimum absolute atomic E-state index is 0.137. The number of benzene rings is 1. The Morgan fingerprint density at radius 1 is 1.37 bits per heavy atom. The van der Waals surface area contributed by atoms with Gasteiger partial charge in [-0.1, -0.05) is 42.3 Å². The number of carbonyl (C=O) groups is 1. The topological polar surface area (TPSA) is 53.5 Å². The Morgan fingerprint density at radius 2 is 2.16 bits per heavy atom. The Kier molecular flexibility index (Phi) is 7.18. The van der Waals surface area contributed by atoms with E-state index in [9.17, 15) is 4.79 Å². The fourth-order valence-corrected chi connectivity index (χ4v) is 1.96. The smallest absolute Gasteiger partial charge is 0.259 e. The first-order valence-electron chi connectivity index (χ1n) is 6.49. The van der Waals surface area contributed by atoms with Crippen molar-refractivity contribution in [3.8, 4) is 0 Å². The number of halogens is 1. The average Bonchev–Trinajstić information content (AvgIpc) is 2.41. The van der Waals surface area contributed by atoms with Gasteiger partial charge >= 0.3 is 0 Å². The normalized spacial score (nSPS) is 11.2. The van der Waals surface area contributed by atoms with E-state index in [-0.39, 0.29) is 12.5 Å². The molecule has 1 rings (SSSR count). The first-order chi connectivity index (χ1) is 9.15. The standard InChI is InChI=1S/C14H20BrN3O/c1-3-6-12(4-2)17-18-14(19)10-16-13-8-5-7-11(15)9-13/h5,7-9,16H,3-4,6,10H2,1-2H3,(H,18,19). The number of hydrazone groups is 1. The quantitative estimate of drug-likeness (QED) is 0.595. The van der Waals surface area contributed by atoms with E-state index in [1.165, 1.54) is 0 Å². The van der Waals surface area contributed by atoms with E-state index in [0.29, 0.717) is 0 Å². The first-order valence-corrected chi connectivity index (χ1v) is 7.28. The van der Waals surface area contributed by atoms with Crippen LogP contribution in [0, 0.1) is 0 Å². The van der Waals surface area contributed by atoms with Crippen LogP contribution in [0.3, 0.4) is 0 Å². The third kappa shape index (κ3) is 6.38. The van der Waals surface area contributed by atoms with Gasteiger partial charge in [0.05, 0.1) is 6.54 Å². The zero-order chi connectivity index (χ0) is 14.1. The van der Waals surface area contributed by atoms with Gasteiger partial charge in [0.2, 0.25) is 0 Å². The molecule has 0 atom stereocenters. The van der Waals surface area contributed by atoms with Crippen molar-refractivity contribution < 1.29 is 4.79 Å². The Labute approximate surface area is 122 Å². The van der Waals surface area contributed by atoms with E-state index in [1.807, 2.05) is 31.2 Å². The van der Waals surface area contributed by atoms with E-state index in [0.717, 1.165) is 35.1 Å². The fourth-order valence-electron chi connectivity index (χ4n) is 1.56. The van der Waals surface area contributed by atoms with Crippen molar-refractivity contribution in [1.29, 1.82) is 0 Å². The van der Waals surface area contributed by atoms with Gasteiger partial charge in [-0.25, -0.2) is 5.43 Å². The summed E-state index contributed by atoms with van der Waals surface area (Å²) < 4.78 is 0.979. The van der Waals surface area contributed by atoms with Gasteiger partial charge in [-0.15, -0.1) is 0 Å². The fraction of sp³-hybridized carbons (Fsp3) is 0.429. The summed E-state index contributed by atoms with van der Waals surface area (Å²) in [6.45, 7) is 4.35. The molecule has 104 valence electrons. The van der Waals surface area contributed by atoms with Crippen LogP contribution in [-0.4, -0.2) is 18.2 Å². The van der Waals surface area contributed by atoms with Crippen LogP contribution in [0.1, 0.15) is 33.1 Å². The second-order valence-corrected chi connectivity index (χ2v) is 5.10. The molecule has 1 aromatic carbocycles. The molecule has 0 aliphatic carbocycles. The van der Waals surface area contributed by atoms with Crippen molar-refractivity contribution in [1.82, 2.24) is 5.43 Å². The summed E-state index contributed by atoms with van der Waals surface area (Å²) in [4.78, 5) is 11.6. The lowest BCUT2D eigenvalue weighted by atomic mass is 10.2. The Morgan fingerprint density at radius 3 is 2.79 bits per heavy atom. The number of nitrogens with zero attached hydrogens (tertiary/aromatic N) is 1. The van der Waals surface area contributed by atoms with E-state index in [2.05, 4.69) is 38.7 Å². The summed E-state index contributed by atoms with van der Waals surface area (Å²) >= 11 is 3.38. The molecule has 19 heavy (non-hydrogen) atoms. The number of amides is 1. The SMILES string of the molecule is CCCC(CC)=NNC(=O)CNc1cccc(Br)c1. The second-order valence-electron chi connectivity index (χ2n) is 4.18. The molecule has 5 heteroatoms. The molecule has 0 aromatic heterocycles. The molecule has 0 bridgehead atoms. The van der Waals surface area contributed by atoms with Gasteiger partial charge in [0, 0.05) is 15.9 Å². The molecule has 1 aromatic rings. The molecule has 2 N–H and O–H groups in total. The monoisotopic (exact) mass is 325 g/mol. The first kappa shape index (κ1) is 15.7. The minimum Gasteiger partial charge on any atom is -0.376 e. The third-order valence-corrected chi connectivity index (χ3v) is 3.06. The molecule has 0 saturated carbocycles. The van der Waals surface area contributed by atoms with Gasteiger partial charge in [0.25, 0.3) is 5.91 Å². The molecular formula is C14H20BrN3O. The maximum absolute atomic E-state index is 11.6. The van der Waals surface area contributed by atoms with Crippen molar-refractivity contribution in [2.45, 2.75) is 33.1 Å². The molecule has 4 nitrogen and oxygen atoms in total. The summed E-state index contributed by atoms with van der Waals surface area (Å²) in [5.41, 5.74) is 4.51. The van der Waals surface area contributed by atoms with Gasteiger partial charge in [0.1, 0.15) is 0 Å². The van der Waals surface area contributed by atoms with Crippen molar-refractivity contribution in [2.24, 2.45) is 5.10 Å². The van der Waals surface area contributed by atoms with Crippen molar-refractivity contribution >= 4 is 33.2 Å². The highest BCUT2D eigenvalue weighted by atomic mass is 79.9. The number of anilines is 1. The van der Waals surface area contributed by atoms with Crippen LogP contribution < -0.4 is 10.7 Å². The Hall–Kier alpha value is -1.36. The predicted molar refractivity (Wildman–Crippen MR) is 83.4 cm³/mol. The summed E-state index contributed by atoms with van der Waals surface area (Å²) in [6, 6.07) is 7.69. The second kappa shape index (κ2) is 8.69. The number of hydrogen-bond acceptors (Lipinski definition) is 3. The van der Waals surface area contributed by atoms with Gasteiger partial charge in [-0.3, -0.25) is 4.79 Å². The van der Waals surface area contributed by atoms with E-state index < -0.39 is 0 Å². The molecule has 0 spiro atoms. The van der Waals surface area contributed by atoms with Crippen LogP contribution in [0.15, 0.2) is 33.8 Å². The maximum Gasteiger partial charge on any atom is 0.259 e. The highest BCUT2D eigenvalue weighted by molar-refractivity contribution is 9.10. The van der Waals surface area contributed by atoms with E-state index in [1.54, 1.807) is 0 Å². The number of carbonyl (C=O) groups excluding carboxylic acids is 1. The number of rotatable bonds is 7. The zero-order valence-electron chi connectivity index (χ0n) is 11.4. The summed E-state index contributed by atoms with van der Waals surface area (Å²) in [7, 11) is 0. The van der Waals surface area contributed by atoms with Crippen LogP contribution >= 0.6 is 15.9 Å². The summed E-state index contributed by atoms with van der Waals surface area (Å²) in [5, 5.41) is 7.18. The molecule has 0 radical (unpaired) electrons. The number of hydrogen-bond donors (Lipinski definition) is 2. The molecule has 1 amide bonds. The average molecular weight is 326 g/mol. The molecule has 0 saturated heterocycles. The highest BCUT2D eigenvalue weighted by Crippen LogP contribution is 2.15. The molecule has 0 aliphatic heterocycles. The lowest BCUT2D eigenvalue weighted by Crippen LogP contribution is -2.26. The zero-order valence-corrected chi connectivity index (χ0v) is 13.0. The molecule has 0 fully saturated rings. The summed E-state index contributed by atoms with van der Waals surface area (Å²) in [6.07, 6.45) is 2.84. The van der Waals surface area contributed by atoms with E-state index >= 15 is 0 Å². The van der Waals surface area contributed by atoms with Gasteiger partial charge < -0.3 is 5.32 Å². The molecular weight excluding hydrogens is 306 g/mol. The Bertz CT molecular complexity index is 446. The van der Waals surface area contributed by atoms with Gasteiger partial charge in [0.15, 0.2) is 0 Å². The number of nitrogens with one attached hydrogen (secondary N) is 2. The van der Waals surface area contributed by atoms with E-state index in [4.69, 9.17) is 0 Å². The summed E-state index contributed by atoms with van der Waals surface area (Å²) in [5.74, 6) is -0.137. The lowest BCUT2D eigenvalue weighted by molar-refractivity contribution is -0.119. The van der Waals surface area contributed by atoms with Gasteiger partial charge in [-0.2, -0.15) is 5.10 Å². The molecule has 0 heterocycles. The highest BCUT2D eigenvalue weighted by Gasteiger charge is 2.01.